The van der Waals surface area contributed by atoms with E-state index in [2.05, 4.69) is 4.90 Å². The van der Waals surface area contributed by atoms with Crippen LogP contribution in [-0.4, -0.2) is 30.1 Å². The van der Waals surface area contributed by atoms with Gasteiger partial charge in [-0.05, 0) is 38.3 Å². The molecule has 0 amide bonds. The third-order valence-corrected chi connectivity index (χ3v) is 3.42. The molecule has 17 heavy (non-hydrogen) atoms. The van der Waals surface area contributed by atoms with E-state index in [9.17, 15) is 4.79 Å². The van der Waals surface area contributed by atoms with Gasteiger partial charge < -0.3 is 10.0 Å². The number of hydrogen-bond donors (Lipinski definition) is 1. The molecule has 1 N–H and O–H groups in total. The lowest BCUT2D eigenvalue weighted by atomic mass is 10.1. The average molecular weight is 233 g/mol. The van der Waals surface area contributed by atoms with Crippen molar-refractivity contribution in [2.24, 2.45) is 0 Å². The number of hydrogen-bond acceptors (Lipinski definition) is 3. The van der Waals surface area contributed by atoms with Crippen LogP contribution in [0.2, 0.25) is 0 Å². The summed E-state index contributed by atoms with van der Waals surface area (Å²) in [6.45, 7) is 2.84. The van der Waals surface area contributed by atoms with Gasteiger partial charge in [-0.25, -0.2) is 0 Å². The van der Waals surface area contributed by atoms with Crippen molar-refractivity contribution in [3.63, 3.8) is 0 Å². The maximum atomic E-state index is 11.4. The zero-order valence-corrected chi connectivity index (χ0v) is 10.2. The van der Waals surface area contributed by atoms with Gasteiger partial charge in [0.15, 0.2) is 5.78 Å². The molecule has 0 saturated carbocycles. The number of anilines is 1. The highest BCUT2D eigenvalue weighted by Gasteiger charge is 2.24. The molecule has 1 atom stereocenters. The van der Waals surface area contributed by atoms with E-state index >= 15 is 0 Å². The molecule has 1 aromatic carbocycles. The molecule has 0 spiro atoms. The van der Waals surface area contributed by atoms with Crippen molar-refractivity contribution in [2.75, 3.05) is 18.1 Å². The monoisotopic (exact) mass is 233 g/mol. The maximum absolute atomic E-state index is 11.4. The standard InChI is InChI=1S/C14H19NO2/c1-11(17)12-4-2-5-14(10-12)15-8-3-6-13(15)7-9-16/h2,4-5,10,13,16H,3,6-9H2,1H3. The number of aliphatic hydroxyl groups is 1. The zero-order valence-electron chi connectivity index (χ0n) is 10.2. The lowest BCUT2D eigenvalue weighted by molar-refractivity contribution is 0.101. The number of carbonyl (C=O) groups excluding carboxylic acids is 1. The molecule has 92 valence electrons. The number of benzene rings is 1. The molecule has 3 heteroatoms. The lowest BCUT2D eigenvalue weighted by Gasteiger charge is -2.26. The van der Waals surface area contributed by atoms with Gasteiger partial charge in [0.1, 0.15) is 0 Å². The lowest BCUT2D eigenvalue weighted by Crippen LogP contribution is -2.30. The Kier molecular flexibility index (Phi) is 3.79. The van der Waals surface area contributed by atoms with Crippen LogP contribution in [0.3, 0.4) is 0 Å². The van der Waals surface area contributed by atoms with Gasteiger partial charge in [0.2, 0.25) is 0 Å². The molecule has 1 aromatic rings. The molecule has 1 unspecified atom stereocenters. The minimum absolute atomic E-state index is 0.102. The Bertz CT molecular complexity index is 403. The summed E-state index contributed by atoms with van der Waals surface area (Å²) >= 11 is 0. The second-order valence-corrected chi connectivity index (χ2v) is 4.61. The van der Waals surface area contributed by atoms with Crippen LogP contribution >= 0.6 is 0 Å². The van der Waals surface area contributed by atoms with Gasteiger partial charge in [-0.15, -0.1) is 0 Å². The summed E-state index contributed by atoms with van der Waals surface area (Å²) in [6.07, 6.45) is 3.10. The molecule has 1 heterocycles. The third kappa shape index (κ3) is 2.67. The zero-order chi connectivity index (χ0) is 12.3. The molecule has 2 rings (SSSR count). The van der Waals surface area contributed by atoms with Crippen molar-refractivity contribution >= 4 is 11.5 Å². The molecule has 0 radical (unpaired) electrons. The maximum Gasteiger partial charge on any atom is 0.159 e. The molecule has 0 aliphatic carbocycles. The van der Waals surface area contributed by atoms with Crippen LogP contribution in [0.5, 0.6) is 0 Å². The van der Waals surface area contributed by atoms with Gasteiger partial charge in [0.05, 0.1) is 0 Å². The molecule has 0 bridgehead atoms. The van der Waals surface area contributed by atoms with E-state index in [0.717, 1.165) is 37.1 Å². The summed E-state index contributed by atoms with van der Waals surface area (Å²) in [5, 5.41) is 9.05. The van der Waals surface area contributed by atoms with Crippen molar-refractivity contribution in [2.45, 2.75) is 32.2 Å². The van der Waals surface area contributed by atoms with Crippen molar-refractivity contribution in [1.29, 1.82) is 0 Å². The van der Waals surface area contributed by atoms with E-state index in [-0.39, 0.29) is 12.4 Å². The van der Waals surface area contributed by atoms with Gasteiger partial charge >= 0.3 is 0 Å². The molecule has 3 nitrogen and oxygen atoms in total. The highest BCUT2D eigenvalue weighted by molar-refractivity contribution is 5.95. The first kappa shape index (κ1) is 12.1. The summed E-state index contributed by atoms with van der Waals surface area (Å²) in [6, 6.07) is 8.20. The molecule has 1 saturated heterocycles. The van der Waals surface area contributed by atoms with Crippen LogP contribution < -0.4 is 4.90 Å². The number of ketones is 1. The predicted octanol–water partition coefficient (Wildman–Crippen LogP) is 2.24. The van der Waals surface area contributed by atoms with Crippen molar-refractivity contribution in [1.82, 2.24) is 0 Å². The van der Waals surface area contributed by atoms with Crippen LogP contribution in [0.4, 0.5) is 5.69 Å². The average Bonchev–Trinajstić information content (AvgIpc) is 2.78. The fraction of sp³-hybridized carbons (Fsp3) is 0.500. The summed E-state index contributed by atoms with van der Waals surface area (Å²) in [5.41, 5.74) is 1.87. The smallest absolute Gasteiger partial charge is 0.159 e. The molecule has 1 aliphatic rings. The van der Waals surface area contributed by atoms with E-state index in [4.69, 9.17) is 5.11 Å². The Morgan fingerprint density at radius 1 is 1.53 bits per heavy atom. The van der Waals surface area contributed by atoms with E-state index < -0.39 is 0 Å². The van der Waals surface area contributed by atoms with Gasteiger partial charge in [0.25, 0.3) is 0 Å². The van der Waals surface area contributed by atoms with E-state index in [0.29, 0.717) is 6.04 Å². The fourth-order valence-electron chi connectivity index (χ4n) is 2.53. The second-order valence-electron chi connectivity index (χ2n) is 4.61. The minimum Gasteiger partial charge on any atom is -0.396 e. The van der Waals surface area contributed by atoms with Gasteiger partial charge in [0, 0.05) is 30.4 Å². The van der Waals surface area contributed by atoms with Gasteiger partial charge in [-0.3, -0.25) is 4.79 Å². The Labute approximate surface area is 102 Å². The first-order chi connectivity index (χ1) is 8.22. The highest BCUT2D eigenvalue weighted by atomic mass is 16.3. The van der Waals surface area contributed by atoms with E-state index in [1.165, 1.54) is 0 Å². The molecule has 1 aliphatic heterocycles. The van der Waals surface area contributed by atoms with Crippen LogP contribution in [0.25, 0.3) is 0 Å². The largest absolute Gasteiger partial charge is 0.396 e. The van der Waals surface area contributed by atoms with Crippen molar-refractivity contribution < 1.29 is 9.90 Å². The number of nitrogens with zero attached hydrogens (tertiary/aromatic N) is 1. The van der Waals surface area contributed by atoms with Crippen molar-refractivity contribution in [3.05, 3.63) is 29.8 Å². The highest BCUT2D eigenvalue weighted by Crippen LogP contribution is 2.27. The van der Waals surface area contributed by atoms with E-state index in [1.54, 1.807) is 6.92 Å². The Balaban J connectivity index is 2.21. The topological polar surface area (TPSA) is 40.5 Å². The number of aliphatic hydroxyl groups excluding tert-OH is 1. The number of rotatable bonds is 4. The Morgan fingerprint density at radius 2 is 2.35 bits per heavy atom. The van der Waals surface area contributed by atoms with Gasteiger partial charge in [-0.1, -0.05) is 12.1 Å². The Hall–Kier alpha value is -1.35. The molecule has 1 fully saturated rings. The van der Waals surface area contributed by atoms with Crippen LogP contribution in [0, 0.1) is 0 Å². The van der Waals surface area contributed by atoms with E-state index in [1.807, 2.05) is 24.3 Å². The summed E-state index contributed by atoms with van der Waals surface area (Å²) in [5.74, 6) is 0.102. The number of carbonyl (C=O) groups is 1. The Morgan fingerprint density at radius 3 is 3.06 bits per heavy atom. The van der Waals surface area contributed by atoms with Crippen LogP contribution in [0.15, 0.2) is 24.3 Å². The minimum atomic E-state index is 0.102. The summed E-state index contributed by atoms with van der Waals surface area (Å²) in [7, 11) is 0. The first-order valence-electron chi connectivity index (χ1n) is 6.21. The van der Waals surface area contributed by atoms with Gasteiger partial charge in [-0.2, -0.15) is 0 Å². The predicted molar refractivity (Wildman–Crippen MR) is 68.5 cm³/mol. The van der Waals surface area contributed by atoms with Crippen LogP contribution in [-0.2, 0) is 0 Å². The first-order valence-corrected chi connectivity index (χ1v) is 6.21. The second kappa shape index (κ2) is 5.32. The summed E-state index contributed by atoms with van der Waals surface area (Å²) < 4.78 is 0. The number of Topliss-reactive ketones (excluding diaryl/α,β-unsaturated/α-hetero) is 1. The quantitative estimate of drug-likeness (QED) is 0.811. The van der Waals surface area contributed by atoms with Crippen molar-refractivity contribution in [3.8, 4) is 0 Å². The fourth-order valence-corrected chi connectivity index (χ4v) is 2.53. The SMILES string of the molecule is CC(=O)c1cccc(N2CCCC2CCO)c1. The summed E-state index contributed by atoms with van der Waals surface area (Å²) in [4.78, 5) is 13.7. The third-order valence-electron chi connectivity index (χ3n) is 3.42. The molecule has 0 aromatic heterocycles. The van der Waals surface area contributed by atoms with Crippen LogP contribution in [0.1, 0.15) is 36.5 Å². The normalized spacial score (nSPS) is 19.6. The molecular formula is C14H19NO2. The molecular weight excluding hydrogens is 214 g/mol.